The van der Waals surface area contributed by atoms with Gasteiger partial charge < -0.3 is 19.0 Å². The topological polar surface area (TPSA) is 103 Å². The first kappa shape index (κ1) is 17.7. The molecule has 3 aromatic rings. The number of aromatic nitrogens is 3. The highest BCUT2D eigenvalue weighted by atomic mass is 16.5. The van der Waals surface area contributed by atoms with E-state index in [4.69, 9.17) is 13.7 Å². The molecule has 0 radical (unpaired) electrons. The lowest BCUT2D eigenvalue weighted by Crippen LogP contribution is -2.24. The maximum absolute atomic E-state index is 12.5. The number of methoxy groups -OCH3 is 1. The van der Waals surface area contributed by atoms with Gasteiger partial charge in [-0.25, -0.2) is 0 Å². The smallest absolute Gasteiger partial charge is 0.257 e. The highest BCUT2D eigenvalue weighted by Gasteiger charge is 2.22. The average Bonchev–Trinajstić information content (AvgIpc) is 3.26. The summed E-state index contributed by atoms with van der Waals surface area (Å²) in [5.41, 5.74) is 1.74. The first-order valence-corrected chi connectivity index (χ1v) is 8.20. The number of hydrogen-bond acceptors (Lipinski definition) is 7. The Bertz CT molecular complexity index is 914. The van der Waals surface area contributed by atoms with Crippen LogP contribution in [0.2, 0.25) is 0 Å². The minimum Gasteiger partial charge on any atom is -0.497 e. The van der Waals surface area contributed by atoms with Crippen LogP contribution in [0.4, 0.5) is 0 Å². The number of rotatable bonds is 6. The van der Waals surface area contributed by atoms with E-state index >= 15 is 0 Å². The van der Waals surface area contributed by atoms with Crippen molar-refractivity contribution in [3.8, 4) is 17.2 Å². The summed E-state index contributed by atoms with van der Waals surface area (Å²) in [4.78, 5) is 12.5. The van der Waals surface area contributed by atoms with E-state index < -0.39 is 0 Å². The molecule has 2 aromatic heterocycles. The molecule has 0 atom stereocenters. The van der Waals surface area contributed by atoms with Gasteiger partial charge >= 0.3 is 0 Å². The molecule has 0 unspecified atom stereocenters. The lowest BCUT2D eigenvalue weighted by molar-refractivity contribution is 0.0944. The third-order valence-electron chi connectivity index (χ3n) is 3.82. The molecule has 0 aliphatic rings. The number of amides is 1. The van der Waals surface area contributed by atoms with Crippen molar-refractivity contribution in [2.45, 2.75) is 33.2 Å². The Kier molecular flexibility index (Phi) is 5.01. The van der Waals surface area contributed by atoms with Crippen LogP contribution in [-0.2, 0) is 6.54 Å². The first-order valence-electron chi connectivity index (χ1n) is 8.20. The summed E-state index contributed by atoms with van der Waals surface area (Å²) in [5.74, 6) is 1.68. The second-order valence-electron chi connectivity index (χ2n) is 6.08. The van der Waals surface area contributed by atoms with Crippen molar-refractivity contribution < 1.29 is 18.5 Å². The van der Waals surface area contributed by atoms with Crippen molar-refractivity contribution in [3.63, 3.8) is 0 Å². The van der Waals surface area contributed by atoms with Gasteiger partial charge in [0, 0.05) is 11.5 Å². The Hall–Kier alpha value is -3.16. The summed E-state index contributed by atoms with van der Waals surface area (Å²) in [6.07, 6.45) is 0. The molecule has 0 aliphatic heterocycles. The maximum atomic E-state index is 12.5. The lowest BCUT2D eigenvalue weighted by atomic mass is 10.0. The normalized spacial score (nSPS) is 11.0. The molecule has 8 nitrogen and oxygen atoms in total. The lowest BCUT2D eigenvalue weighted by Gasteiger charge is -2.05. The summed E-state index contributed by atoms with van der Waals surface area (Å²) in [6.45, 7) is 5.72. The fourth-order valence-corrected chi connectivity index (χ4v) is 2.50. The fourth-order valence-electron chi connectivity index (χ4n) is 2.50. The van der Waals surface area contributed by atoms with Crippen molar-refractivity contribution in [1.29, 1.82) is 0 Å². The highest BCUT2D eigenvalue weighted by Crippen LogP contribution is 2.23. The number of nitrogens with zero attached hydrogens (tertiary/aromatic N) is 3. The molecular formula is C18H20N4O4. The Morgan fingerprint density at radius 3 is 2.85 bits per heavy atom. The van der Waals surface area contributed by atoms with E-state index in [-0.39, 0.29) is 18.4 Å². The van der Waals surface area contributed by atoms with E-state index in [1.54, 1.807) is 20.1 Å². The Balaban J connectivity index is 1.70. The molecule has 0 fully saturated rings. The number of ether oxygens (including phenoxy) is 1. The first-order chi connectivity index (χ1) is 12.5. The molecule has 1 aromatic carbocycles. The van der Waals surface area contributed by atoms with Crippen molar-refractivity contribution in [2.75, 3.05) is 7.11 Å². The van der Waals surface area contributed by atoms with Crippen molar-refractivity contribution in [1.82, 2.24) is 20.7 Å². The summed E-state index contributed by atoms with van der Waals surface area (Å²) >= 11 is 0. The molecule has 0 saturated heterocycles. The molecule has 136 valence electrons. The predicted molar refractivity (Wildman–Crippen MR) is 92.8 cm³/mol. The van der Waals surface area contributed by atoms with Crippen molar-refractivity contribution in [3.05, 3.63) is 47.2 Å². The molecular weight excluding hydrogens is 336 g/mol. The molecule has 0 aliphatic carbocycles. The van der Waals surface area contributed by atoms with Crippen molar-refractivity contribution in [2.24, 2.45) is 0 Å². The number of nitrogens with one attached hydrogen (secondary N) is 1. The molecule has 3 rings (SSSR count). The van der Waals surface area contributed by atoms with Gasteiger partial charge in [0.15, 0.2) is 5.76 Å². The van der Waals surface area contributed by atoms with Gasteiger partial charge in [-0.1, -0.05) is 25.1 Å². The fraction of sp³-hybridized carbons (Fsp3) is 0.333. The van der Waals surface area contributed by atoms with Crippen LogP contribution in [0.3, 0.4) is 0 Å². The Morgan fingerprint density at radius 2 is 2.12 bits per heavy atom. The quantitative estimate of drug-likeness (QED) is 0.724. The summed E-state index contributed by atoms with van der Waals surface area (Å²) in [7, 11) is 1.59. The number of carbonyl (C=O) groups excluding carboxylic acids is 1. The molecule has 0 bridgehead atoms. The average molecular weight is 356 g/mol. The van der Waals surface area contributed by atoms with Gasteiger partial charge in [0.25, 0.3) is 5.91 Å². The van der Waals surface area contributed by atoms with Gasteiger partial charge in [-0.3, -0.25) is 4.79 Å². The minimum atomic E-state index is -0.284. The summed E-state index contributed by atoms with van der Waals surface area (Å²) in [5, 5.41) is 14.6. The van der Waals surface area contributed by atoms with E-state index in [0.717, 1.165) is 5.56 Å². The molecule has 26 heavy (non-hydrogen) atoms. The number of benzene rings is 1. The molecule has 1 N–H and O–H groups in total. The third kappa shape index (κ3) is 3.58. The SMILES string of the molecule is COc1cccc(-c2nnc(CNC(=O)c3c(C)noc3C(C)C)o2)c1. The third-order valence-corrected chi connectivity index (χ3v) is 3.82. The van der Waals surface area contributed by atoms with Crippen LogP contribution in [0.1, 0.15) is 47.5 Å². The zero-order valence-electron chi connectivity index (χ0n) is 15.1. The minimum absolute atomic E-state index is 0.0556. The largest absolute Gasteiger partial charge is 0.497 e. The van der Waals surface area contributed by atoms with Crippen LogP contribution >= 0.6 is 0 Å². The number of carbonyl (C=O) groups is 1. The zero-order valence-corrected chi connectivity index (χ0v) is 15.1. The van der Waals surface area contributed by atoms with E-state index in [2.05, 4.69) is 20.7 Å². The van der Waals surface area contributed by atoms with Crippen molar-refractivity contribution >= 4 is 5.91 Å². The monoisotopic (exact) mass is 356 g/mol. The van der Waals surface area contributed by atoms with Gasteiger partial charge in [0.2, 0.25) is 11.8 Å². The van der Waals surface area contributed by atoms with E-state index in [9.17, 15) is 4.79 Å². The van der Waals surface area contributed by atoms with Gasteiger partial charge in [-0.2, -0.15) is 0 Å². The van der Waals surface area contributed by atoms with E-state index in [1.807, 2.05) is 32.0 Å². The van der Waals surface area contributed by atoms with E-state index in [1.165, 1.54) is 0 Å². The van der Waals surface area contributed by atoms with Crippen LogP contribution in [0.5, 0.6) is 5.75 Å². The van der Waals surface area contributed by atoms with Crippen LogP contribution in [0.15, 0.2) is 33.2 Å². The predicted octanol–water partition coefficient (Wildman–Crippen LogP) is 3.10. The van der Waals surface area contributed by atoms with Crippen LogP contribution in [-0.4, -0.2) is 28.4 Å². The number of aryl methyl sites for hydroxylation is 1. The molecule has 0 spiro atoms. The molecule has 0 saturated carbocycles. The van der Waals surface area contributed by atoms with Crippen LogP contribution < -0.4 is 10.1 Å². The molecule has 1 amide bonds. The maximum Gasteiger partial charge on any atom is 0.257 e. The Labute approximate surface area is 150 Å². The van der Waals surface area contributed by atoms with Gasteiger partial charge in [-0.05, 0) is 25.1 Å². The van der Waals surface area contributed by atoms with Gasteiger partial charge in [0.05, 0.1) is 19.3 Å². The summed E-state index contributed by atoms with van der Waals surface area (Å²) < 4.78 is 16.0. The highest BCUT2D eigenvalue weighted by molar-refractivity contribution is 5.96. The van der Waals surface area contributed by atoms with Gasteiger partial charge in [-0.15, -0.1) is 10.2 Å². The second kappa shape index (κ2) is 7.38. The number of hydrogen-bond donors (Lipinski definition) is 1. The van der Waals surface area contributed by atoms with Crippen LogP contribution in [0, 0.1) is 6.92 Å². The standard InChI is InChI=1S/C18H20N4O4/c1-10(2)16-15(11(3)22-26-16)17(23)19-9-14-20-21-18(25-14)12-6-5-7-13(8-12)24-4/h5-8,10H,9H2,1-4H3,(H,19,23). The zero-order chi connectivity index (χ0) is 18.7. The van der Waals surface area contributed by atoms with E-state index in [0.29, 0.717) is 34.5 Å². The molecule has 8 heteroatoms. The second-order valence-corrected chi connectivity index (χ2v) is 6.08. The Morgan fingerprint density at radius 1 is 1.31 bits per heavy atom. The van der Waals surface area contributed by atoms with Crippen LogP contribution in [0.25, 0.3) is 11.5 Å². The summed E-state index contributed by atoms with van der Waals surface area (Å²) in [6, 6.07) is 7.30. The molecule has 2 heterocycles. The van der Waals surface area contributed by atoms with Gasteiger partial charge in [0.1, 0.15) is 11.3 Å².